The lowest BCUT2D eigenvalue weighted by atomic mass is 10.1. The summed E-state index contributed by atoms with van der Waals surface area (Å²) in [5.74, 6) is 0.0269. The summed E-state index contributed by atoms with van der Waals surface area (Å²) in [6, 6.07) is 13.4. The van der Waals surface area contributed by atoms with E-state index >= 15 is 0 Å². The maximum absolute atomic E-state index is 12.4. The van der Waals surface area contributed by atoms with Gasteiger partial charge in [0.2, 0.25) is 11.8 Å². The number of carbonyl (C=O) groups is 2. The Kier molecular flexibility index (Phi) is 6.72. The van der Waals surface area contributed by atoms with E-state index in [1.165, 1.54) is 22.9 Å². The molecule has 0 saturated carbocycles. The molecular weight excluding hydrogens is 384 g/mol. The van der Waals surface area contributed by atoms with E-state index < -0.39 is 0 Å². The Morgan fingerprint density at radius 1 is 1.00 bits per heavy atom. The first-order chi connectivity index (χ1) is 13.9. The maximum Gasteiger partial charge on any atom is 0.234 e. The average molecular weight is 409 g/mol. The van der Waals surface area contributed by atoms with Gasteiger partial charge in [-0.15, -0.1) is 0 Å². The van der Waals surface area contributed by atoms with Gasteiger partial charge in [-0.05, 0) is 55.3 Å². The highest BCUT2D eigenvalue weighted by Crippen LogP contribution is 2.23. The van der Waals surface area contributed by atoms with Gasteiger partial charge in [0.25, 0.3) is 0 Å². The molecule has 0 spiro atoms. The third-order valence-electron chi connectivity index (χ3n) is 4.17. The first-order valence-corrected chi connectivity index (χ1v) is 10.4. The Balaban J connectivity index is 1.63. The second kappa shape index (κ2) is 9.43. The summed E-state index contributed by atoms with van der Waals surface area (Å²) >= 11 is 1.38. The smallest absolute Gasteiger partial charge is 0.234 e. The summed E-state index contributed by atoms with van der Waals surface area (Å²) in [7, 11) is 0. The van der Waals surface area contributed by atoms with Crippen molar-refractivity contribution in [2.75, 3.05) is 16.4 Å². The van der Waals surface area contributed by atoms with E-state index in [0.717, 1.165) is 10.8 Å². The Bertz CT molecular complexity index is 1010. The molecule has 0 aliphatic heterocycles. The second-order valence-electron chi connectivity index (χ2n) is 6.75. The molecule has 0 radical (unpaired) electrons. The molecule has 3 aromatic rings. The van der Waals surface area contributed by atoms with Crippen LogP contribution in [0.3, 0.4) is 0 Å². The van der Waals surface area contributed by atoms with Crippen LogP contribution in [-0.4, -0.2) is 27.1 Å². The third kappa shape index (κ3) is 5.71. The monoisotopic (exact) mass is 408 g/mol. The van der Waals surface area contributed by atoms with Gasteiger partial charge >= 0.3 is 0 Å². The number of benzene rings is 2. The van der Waals surface area contributed by atoms with E-state index in [0.29, 0.717) is 17.8 Å². The fourth-order valence-corrected chi connectivity index (χ4v) is 3.71. The number of hydrogen-bond acceptors (Lipinski definition) is 4. The van der Waals surface area contributed by atoms with E-state index in [4.69, 9.17) is 0 Å². The van der Waals surface area contributed by atoms with Crippen LogP contribution in [0, 0.1) is 13.8 Å². The molecule has 0 fully saturated rings. The Labute approximate surface area is 174 Å². The Hall–Kier alpha value is -3.06. The highest BCUT2D eigenvalue weighted by atomic mass is 32.2. The fraction of sp³-hybridized carbons (Fsp3) is 0.227. The number of nitrogens with one attached hydrogen (secondary N) is 2. The van der Waals surface area contributed by atoms with E-state index in [2.05, 4.69) is 47.7 Å². The summed E-state index contributed by atoms with van der Waals surface area (Å²) in [4.78, 5) is 28.3. The quantitative estimate of drug-likeness (QED) is 0.562. The number of rotatable bonds is 7. The van der Waals surface area contributed by atoms with Crippen molar-refractivity contribution in [2.45, 2.75) is 32.3 Å². The first-order valence-electron chi connectivity index (χ1n) is 9.39. The number of anilines is 2. The molecule has 29 heavy (non-hydrogen) atoms. The van der Waals surface area contributed by atoms with Gasteiger partial charge in [-0.1, -0.05) is 30.8 Å². The van der Waals surface area contributed by atoms with Crippen molar-refractivity contribution in [2.24, 2.45) is 0 Å². The Morgan fingerprint density at radius 3 is 2.31 bits per heavy atom. The van der Waals surface area contributed by atoms with Crippen molar-refractivity contribution in [3.8, 4) is 5.69 Å². The number of amides is 2. The lowest BCUT2D eigenvalue weighted by molar-refractivity contribution is -0.116. The highest BCUT2D eigenvalue weighted by molar-refractivity contribution is 7.99. The van der Waals surface area contributed by atoms with Crippen molar-refractivity contribution in [1.29, 1.82) is 0 Å². The standard InChI is InChI=1S/C22H24N4O2S/c1-4-20(27)24-17-6-5-7-18(13-17)25-21(28)14-29-22-23-8-9-26(22)19-11-15(2)10-16(3)12-19/h5-13H,4,14H2,1-3H3,(H,24,27)(H,25,28). The molecule has 0 aliphatic rings. The van der Waals surface area contributed by atoms with Gasteiger partial charge in [0, 0.05) is 35.9 Å². The molecule has 0 unspecified atom stereocenters. The van der Waals surface area contributed by atoms with Crippen LogP contribution in [-0.2, 0) is 9.59 Å². The minimum Gasteiger partial charge on any atom is -0.326 e. The van der Waals surface area contributed by atoms with Gasteiger partial charge < -0.3 is 10.6 Å². The van der Waals surface area contributed by atoms with Crippen LogP contribution >= 0.6 is 11.8 Å². The molecular formula is C22H24N4O2S. The van der Waals surface area contributed by atoms with Crippen LogP contribution in [0.5, 0.6) is 0 Å². The normalized spacial score (nSPS) is 10.6. The molecule has 7 heteroatoms. The van der Waals surface area contributed by atoms with Gasteiger partial charge in [-0.2, -0.15) is 0 Å². The van der Waals surface area contributed by atoms with Crippen LogP contribution in [0.1, 0.15) is 24.5 Å². The lowest BCUT2D eigenvalue weighted by Gasteiger charge is -2.10. The number of aryl methyl sites for hydroxylation is 2. The zero-order valence-electron chi connectivity index (χ0n) is 16.7. The number of aromatic nitrogens is 2. The SMILES string of the molecule is CCC(=O)Nc1cccc(NC(=O)CSc2nccn2-c2cc(C)cc(C)c2)c1. The molecule has 150 valence electrons. The number of imidazole rings is 1. The number of thioether (sulfide) groups is 1. The molecule has 1 heterocycles. The number of carbonyl (C=O) groups excluding carboxylic acids is 2. The predicted molar refractivity (Wildman–Crippen MR) is 118 cm³/mol. The van der Waals surface area contributed by atoms with Crippen molar-refractivity contribution in [3.05, 3.63) is 66.0 Å². The number of nitrogens with zero attached hydrogens (tertiary/aromatic N) is 2. The van der Waals surface area contributed by atoms with E-state index in [1.54, 1.807) is 37.4 Å². The second-order valence-corrected chi connectivity index (χ2v) is 7.69. The predicted octanol–water partition coefficient (Wildman–Crippen LogP) is 4.57. The van der Waals surface area contributed by atoms with Crippen molar-refractivity contribution in [1.82, 2.24) is 9.55 Å². The number of hydrogen-bond donors (Lipinski definition) is 2. The minimum atomic E-state index is -0.135. The largest absolute Gasteiger partial charge is 0.326 e. The van der Waals surface area contributed by atoms with Crippen LogP contribution < -0.4 is 10.6 Å². The first kappa shape index (κ1) is 20.7. The molecule has 0 aliphatic carbocycles. The Morgan fingerprint density at radius 2 is 1.66 bits per heavy atom. The lowest BCUT2D eigenvalue weighted by Crippen LogP contribution is -2.15. The highest BCUT2D eigenvalue weighted by Gasteiger charge is 2.10. The fourth-order valence-electron chi connectivity index (χ4n) is 2.93. The molecule has 0 saturated heterocycles. The summed E-state index contributed by atoms with van der Waals surface area (Å²) in [5.41, 5.74) is 4.69. The zero-order chi connectivity index (χ0) is 20.8. The summed E-state index contributed by atoms with van der Waals surface area (Å²) < 4.78 is 1.98. The van der Waals surface area contributed by atoms with Crippen molar-refractivity contribution < 1.29 is 9.59 Å². The maximum atomic E-state index is 12.4. The zero-order valence-corrected chi connectivity index (χ0v) is 17.5. The van der Waals surface area contributed by atoms with Gasteiger partial charge in [-0.25, -0.2) is 4.98 Å². The van der Waals surface area contributed by atoms with Crippen LogP contribution in [0.4, 0.5) is 11.4 Å². The molecule has 0 bridgehead atoms. The van der Waals surface area contributed by atoms with Gasteiger partial charge in [0.15, 0.2) is 5.16 Å². The molecule has 2 N–H and O–H groups in total. The average Bonchev–Trinajstić information content (AvgIpc) is 3.14. The summed E-state index contributed by atoms with van der Waals surface area (Å²) in [5, 5.41) is 6.41. The minimum absolute atomic E-state index is 0.0674. The summed E-state index contributed by atoms with van der Waals surface area (Å²) in [6.45, 7) is 5.91. The summed E-state index contributed by atoms with van der Waals surface area (Å²) in [6.07, 6.45) is 4.03. The van der Waals surface area contributed by atoms with Gasteiger partial charge in [0.05, 0.1) is 5.75 Å². The van der Waals surface area contributed by atoms with Crippen molar-refractivity contribution >= 4 is 35.0 Å². The molecule has 6 nitrogen and oxygen atoms in total. The molecule has 2 aromatic carbocycles. The topological polar surface area (TPSA) is 76.0 Å². The van der Waals surface area contributed by atoms with Gasteiger partial charge in [-0.3, -0.25) is 14.2 Å². The van der Waals surface area contributed by atoms with Crippen LogP contribution in [0.2, 0.25) is 0 Å². The molecule has 3 rings (SSSR count). The van der Waals surface area contributed by atoms with E-state index in [9.17, 15) is 9.59 Å². The molecule has 2 amide bonds. The van der Waals surface area contributed by atoms with Crippen LogP contribution in [0.15, 0.2) is 60.0 Å². The van der Waals surface area contributed by atoms with E-state index in [-0.39, 0.29) is 17.6 Å². The van der Waals surface area contributed by atoms with Crippen molar-refractivity contribution in [3.63, 3.8) is 0 Å². The van der Waals surface area contributed by atoms with Crippen LogP contribution in [0.25, 0.3) is 5.69 Å². The molecule has 0 atom stereocenters. The van der Waals surface area contributed by atoms with E-state index in [1.807, 2.05) is 10.8 Å². The molecule has 1 aromatic heterocycles. The third-order valence-corrected chi connectivity index (χ3v) is 5.14. The van der Waals surface area contributed by atoms with Gasteiger partial charge in [0.1, 0.15) is 0 Å².